The van der Waals surface area contributed by atoms with Crippen LogP contribution in [-0.2, 0) is 0 Å². The second kappa shape index (κ2) is 8.81. The van der Waals surface area contributed by atoms with Gasteiger partial charge in [-0.3, -0.25) is 9.36 Å². The molecule has 0 spiro atoms. The Balaban J connectivity index is 1.49. The highest BCUT2D eigenvalue weighted by Gasteiger charge is 2.15. The zero-order valence-electron chi connectivity index (χ0n) is 17.0. The van der Waals surface area contributed by atoms with Gasteiger partial charge in [-0.2, -0.15) is 0 Å². The van der Waals surface area contributed by atoms with Gasteiger partial charge in [-0.15, -0.1) is 0 Å². The van der Waals surface area contributed by atoms with Crippen molar-refractivity contribution in [3.63, 3.8) is 0 Å². The molecule has 1 saturated heterocycles. The second-order valence-corrected chi connectivity index (χ2v) is 6.97. The van der Waals surface area contributed by atoms with E-state index in [1.54, 1.807) is 55.8 Å². The van der Waals surface area contributed by atoms with Crippen LogP contribution in [0.25, 0.3) is 5.82 Å². The zero-order valence-corrected chi connectivity index (χ0v) is 17.0. The maximum Gasteiger partial charge on any atom is 0.275 e. The number of carbonyl (C=O) groups excluding carboxylic acids is 1. The molecule has 0 unspecified atom stereocenters. The van der Waals surface area contributed by atoms with Gasteiger partial charge in [0.25, 0.3) is 5.91 Å². The van der Waals surface area contributed by atoms with E-state index in [0.29, 0.717) is 23.0 Å². The molecule has 156 valence electrons. The van der Waals surface area contributed by atoms with Gasteiger partial charge in [0.1, 0.15) is 30.0 Å². The standard InChI is InChI=1S/C21H24N6O3/c1-29-17-7-6-15(10-18(17)30-2)25-21(28)16-12-27(14-24-16)20-11-19(22-13-23-20)26-8-4-3-5-9-26/h6-7,10-14H,3-5,8-9H2,1-2H3,(H,25,28). The molecule has 1 N–H and O–H groups in total. The van der Waals surface area contributed by atoms with Crippen LogP contribution in [-0.4, -0.2) is 52.7 Å². The summed E-state index contributed by atoms with van der Waals surface area (Å²) >= 11 is 0. The molecule has 9 heteroatoms. The first-order chi connectivity index (χ1) is 14.7. The SMILES string of the molecule is COc1ccc(NC(=O)c2cn(-c3cc(N4CCCCC4)ncn3)cn2)cc1OC. The van der Waals surface area contributed by atoms with Crippen molar-refractivity contribution in [1.82, 2.24) is 19.5 Å². The summed E-state index contributed by atoms with van der Waals surface area (Å²) in [5, 5.41) is 2.82. The highest BCUT2D eigenvalue weighted by atomic mass is 16.5. The number of aromatic nitrogens is 4. The van der Waals surface area contributed by atoms with Crippen molar-refractivity contribution >= 4 is 17.4 Å². The lowest BCUT2D eigenvalue weighted by molar-refractivity contribution is 0.102. The van der Waals surface area contributed by atoms with Crippen molar-refractivity contribution in [3.8, 4) is 17.3 Å². The summed E-state index contributed by atoms with van der Waals surface area (Å²) in [4.78, 5) is 27.8. The third kappa shape index (κ3) is 4.19. The lowest BCUT2D eigenvalue weighted by Crippen LogP contribution is -2.30. The van der Waals surface area contributed by atoms with Crippen molar-refractivity contribution in [2.24, 2.45) is 0 Å². The van der Waals surface area contributed by atoms with Gasteiger partial charge >= 0.3 is 0 Å². The first kappa shape index (κ1) is 19.7. The van der Waals surface area contributed by atoms with Crippen molar-refractivity contribution in [2.45, 2.75) is 19.3 Å². The molecular weight excluding hydrogens is 384 g/mol. The van der Waals surface area contributed by atoms with Gasteiger partial charge in [0, 0.05) is 37.1 Å². The first-order valence-electron chi connectivity index (χ1n) is 9.82. The number of rotatable bonds is 6. The lowest BCUT2D eigenvalue weighted by Gasteiger charge is -2.27. The Morgan fingerprint density at radius 1 is 0.967 bits per heavy atom. The molecule has 0 aliphatic carbocycles. The molecular formula is C21H24N6O3. The van der Waals surface area contributed by atoms with E-state index in [9.17, 15) is 4.79 Å². The zero-order chi connectivity index (χ0) is 20.9. The molecule has 2 aromatic heterocycles. The number of nitrogens with one attached hydrogen (secondary N) is 1. The number of ether oxygens (including phenoxy) is 2. The van der Waals surface area contributed by atoms with E-state index in [2.05, 4.69) is 25.2 Å². The number of hydrogen-bond donors (Lipinski definition) is 1. The van der Waals surface area contributed by atoms with E-state index in [1.807, 2.05) is 6.07 Å². The molecule has 1 aliphatic heterocycles. The van der Waals surface area contributed by atoms with Crippen molar-refractivity contribution < 1.29 is 14.3 Å². The van der Waals surface area contributed by atoms with E-state index in [1.165, 1.54) is 19.3 Å². The van der Waals surface area contributed by atoms with Gasteiger partial charge in [-0.05, 0) is 31.4 Å². The van der Waals surface area contributed by atoms with Crippen LogP contribution >= 0.6 is 0 Å². The topological polar surface area (TPSA) is 94.4 Å². The minimum absolute atomic E-state index is 0.280. The van der Waals surface area contributed by atoms with Crippen LogP contribution in [0, 0.1) is 0 Å². The van der Waals surface area contributed by atoms with Crippen molar-refractivity contribution in [3.05, 3.63) is 48.8 Å². The van der Waals surface area contributed by atoms with Crippen molar-refractivity contribution in [2.75, 3.05) is 37.5 Å². The number of imidazole rings is 1. The molecule has 4 rings (SSSR count). The van der Waals surface area contributed by atoms with Gasteiger partial charge in [0.15, 0.2) is 11.5 Å². The normalized spacial score (nSPS) is 13.7. The first-order valence-corrected chi connectivity index (χ1v) is 9.82. The molecule has 0 atom stereocenters. The van der Waals surface area contributed by atoms with E-state index in [4.69, 9.17) is 9.47 Å². The maximum absolute atomic E-state index is 12.6. The minimum Gasteiger partial charge on any atom is -0.493 e. The van der Waals surface area contributed by atoms with Crippen LogP contribution in [0.2, 0.25) is 0 Å². The Hall–Kier alpha value is -3.62. The monoisotopic (exact) mass is 408 g/mol. The van der Waals surface area contributed by atoms with Gasteiger partial charge in [-0.25, -0.2) is 15.0 Å². The average Bonchev–Trinajstić information content (AvgIpc) is 3.30. The third-order valence-electron chi connectivity index (χ3n) is 5.04. The van der Waals surface area contributed by atoms with E-state index in [-0.39, 0.29) is 11.6 Å². The minimum atomic E-state index is -0.328. The predicted octanol–water partition coefficient (Wildman–Crippen LogP) is 2.92. The molecule has 0 saturated carbocycles. The van der Waals surface area contributed by atoms with Gasteiger partial charge in [-0.1, -0.05) is 0 Å². The van der Waals surface area contributed by atoms with E-state index in [0.717, 1.165) is 18.9 Å². The fourth-order valence-electron chi connectivity index (χ4n) is 3.45. The average molecular weight is 408 g/mol. The number of benzene rings is 1. The van der Waals surface area contributed by atoms with Crippen molar-refractivity contribution in [1.29, 1.82) is 0 Å². The largest absolute Gasteiger partial charge is 0.493 e. The molecule has 3 aromatic rings. The Bertz CT molecular complexity index is 1030. The Labute approximate surface area is 174 Å². The Morgan fingerprint density at radius 2 is 1.73 bits per heavy atom. The fourth-order valence-corrected chi connectivity index (χ4v) is 3.45. The van der Waals surface area contributed by atoms with Crippen LogP contribution in [0.5, 0.6) is 11.5 Å². The van der Waals surface area contributed by atoms with E-state index < -0.39 is 0 Å². The Kier molecular flexibility index (Phi) is 5.78. The highest BCUT2D eigenvalue weighted by molar-refractivity contribution is 6.02. The molecule has 9 nitrogen and oxygen atoms in total. The third-order valence-corrected chi connectivity index (χ3v) is 5.04. The maximum atomic E-state index is 12.6. The molecule has 1 amide bonds. The fraction of sp³-hybridized carbons (Fsp3) is 0.333. The quantitative estimate of drug-likeness (QED) is 0.670. The molecule has 1 aromatic carbocycles. The van der Waals surface area contributed by atoms with E-state index >= 15 is 0 Å². The van der Waals surface area contributed by atoms with Crippen LogP contribution in [0.1, 0.15) is 29.8 Å². The number of anilines is 2. The molecule has 3 heterocycles. The summed E-state index contributed by atoms with van der Waals surface area (Å²) in [5.74, 6) is 2.36. The van der Waals surface area contributed by atoms with Gasteiger partial charge in [0.2, 0.25) is 0 Å². The van der Waals surface area contributed by atoms with Gasteiger partial charge in [0.05, 0.1) is 14.2 Å². The predicted molar refractivity (Wildman–Crippen MR) is 113 cm³/mol. The summed E-state index contributed by atoms with van der Waals surface area (Å²) < 4.78 is 12.2. The van der Waals surface area contributed by atoms with Crippen LogP contribution in [0.4, 0.5) is 11.5 Å². The molecule has 30 heavy (non-hydrogen) atoms. The summed E-state index contributed by atoms with van der Waals surface area (Å²) in [6.07, 6.45) is 8.37. The number of hydrogen-bond acceptors (Lipinski definition) is 7. The molecule has 1 aliphatic rings. The second-order valence-electron chi connectivity index (χ2n) is 6.97. The smallest absolute Gasteiger partial charge is 0.275 e. The summed E-state index contributed by atoms with van der Waals surface area (Å²) in [6, 6.07) is 7.09. The highest BCUT2D eigenvalue weighted by Crippen LogP contribution is 2.30. The van der Waals surface area contributed by atoms with Crippen LogP contribution < -0.4 is 19.7 Å². The summed E-state index contributed by atoms with van der Waals surface area (Å²) in [6.45, 7) is 2.00. The molecule has 0 radical (unpaired) electrons. The number of nitrogens with zero attached hydrogens (tertiary/aromatic N) is 5. The lowest BCUT2D eigenvalue weighted by atomic mass is 10.1. The van der Waals surface area contributed by atoms with Gasteiger partial charge < -0.3 is 19.7 Å². The summed E-state index contributed by atoms with van der Waals surface area (Å²) in [5.41, 5.74) is 0.865. The summed E-state index contributed by atoms with van der Waals surface area (Å²) in [7, 11) is 3.11. The number of piperidine rings is 1. The molecule has 1 fully saturated rings. The van der Waals surface area contributed by atoms with Crippen LogP contribution in [0.3, 0.4) is 0 Å². The number of carbonyl (C=O) groups is 1. The Morgan fingerprint density at radius 3 is 2.50 bits per heavy atom. The van der Waals surface area contributed by atoms with Crippen LogP contribution in [0.15, 0.2) is 43.1 Å². The number of methoxy groups -OCH3 is 2. The number of amides is 1. The molecule has 0 bridgehead atoms.